The van der Waals surface area contributed by atoms with E-state index < -0.39 is 0 Å². The summed E-state index contributed by atoms with van der Waals surface area (Å²) in [6.45, 7) is 4.19. The van der Waals surface area contributed by atoms with Gasteiger partial charge in [-0.3, -0.25) is 14.5 Å². The highest BCUT2D eigenvalue weighted by molar-refractivity contribution is 7.14. The Kier molecular flexibility index (Phi) is 4.79. The van der Waals surface area contributed by atoms with E-state index in [9.17, 15) is 9.18 Å². The van der Waals surface area contributed by atoms with Gasteiger partial charge < -0.3 is 4.74 Å². The van der Waals surface area contributed by atoms with Crippen molar-refractivity contribution in [3.05, 3.63) is 65.2 Å². The summed E-state index contributed by atoms with van der Waals surface area (Å²) < 4.78 is 20.4. The van der Waals surface area contributed by atoms with Crippen LogP contribution in [-0.2, 0) is 0 Å². The van der Waals surface area contributed by atoms with Crippen molar-refractivity contribution < 1.29 is 13.9 Å². The summed E-state index contributed by atoms with van der Waals surface area (Å²) in [7, 11) is 0. The minimum absolute atomic E-state index is 0.304. The van der Waals surface area contributed by atoms with E-state index in [0.717, 1.165) is 5.56 Å². The lowest BCUT2D eigenvalue weighted by Crippen LogP contribution is -2.15. The molecular formula is C20H17FN4O2S. The van der Waals surface area contributed by atoms with Crippen LogP contribution in [0.25, 0.3) is 16.9 Å². The highest BCUT2D eigenvalue weighted by Crippen LogP contribution is 2.27. The van der Waals surface area contributed by atoms with E-state index in [2.05, 4.69) is 15.3 Å². The van der Waals surface area contributed by atoms with Gasteiger partial charge in [-0.25, -0.2) is 14.4 Å². The number of fused-ring (bicyclic) bond motifs is 1. The number of anilines is 1. The molecule has 0 unspecified atom stereocenters. The monoisotopic (exact) mass is 396 g/mol. The number of nitrogens with one attached hydrogen (secondary N) is 1. The lowest BCUT2D eigenvalue weighted by Gasteiger charge is -2.06. The normalized spacial score (nSPS) is 11.0. The van der Waals surface area contributed by atoms with E-state index in [4.69, 9.17) is 4.74 Å². The number of carbonyl (C=O) groups excluding carboxylic acids is 1. The molecule has 0 aliphatic carbocycles. The molecule has 4 aromatic rings. The molecule has 0 aliphatic heterocycles. The number of hydrogen-bond acceptors (Lipinski definition) is 5. The molecule has 0 spiro atoms. The SMILES string of the molecule is CCOc1cccn2c(C(=O)Nc3nc(-c4ccc(F)cc4)cs3)c(C)nc12. The number of benzene rings is 1. The average molecular weight is 396 g/mol. The zero-order valence-corrected chi connectivity index (χ0v) is 16.1. The molecule has 0 aliphatic rings. The van der Waals surface area contributed by atoms with Crippen molar-refractivity contribution in [1.82, 2.24) is 14.4 Å². The molecule has 0 atom stereocenters. The van der Waals surface area contributed by atoms with Gasteiger partial charge in [0.05, 0.1) is 18.0 Å². The maximum atomic E-state index is 13.1. The van der Waals surface area contributed by atoms with E-state index in [1.54, 1.807) is 29.7 Å². The molecule has 3 aromatic heterocycles. The Morgan fingerprint density at radius 3 is 2.79 bits per heavy atom. The molecule has 4 rings (SSSR count). The number of aryl methyl sites for hydroxylation is 1. The fourth-order valence-electron chi connectivity index (χ4n) is 2.94. The second-order valence-corrected chi connectivity index (χ2v) is 6.90. The van der Waals surface area contributed by atoms with Gasteiger partial charge in [-0.1, -0.05) is 0 Å². The Morgan fingerprint density at radius 2 is 2.04 bits per heavy atom. The maximum absolute atomic E-state index is 13.1. The second-order valence-electron chi connectivity index (χ2n) is 6.04. The van der Waals surface area contributed by atoms with Gasteiger partial charge in [0.25, 0.3) is 5.91 Å². The smallest absolute Gasteiger partial charge is 0.276 e. The summed E-state index contributed by atoms with van der Waals surface area (Å²) in [6, 6.07) is 9.70. The van der Waals surface area contributed by atoms with Gasteiger partial charge in [-0.15, -0.1) is 11.3 Å². The fourth-order valence-corrected chi connectivity index (χ4v) is 3.65. The van der Waals surface area contributed by atoms with Crippen molar-refractivity contribution in [2.24, 2.45) is 0 Å². The van der Waals surface area contributed by atoms with E-state index >= 15 is 0 Å². The standard InChI is InChI=1S/C20H17FN4O2S/c1-3-27-16-5-4-10-25-17(12(2)22-18(16)25)19(26)24-20-23-15(11-28-20)13-6-8-14(21)9-7-13/h4-11H,3H2,1-2H3,(H,23,24,26). The van der Waals surface area contributed by atoms with Crippen molar-refractivity contribution >= 4 is 28.0 Å². The molecular weight excluding hydrogens is 379 g/mol. The Bertz CT molecular complexity index is 1150. The molecule has 1 amide bonds. The van der Waals surface area contributed by atoms with Crippen LogP contribution in [0.2, 0.25) is 0 Å². The number of nitrogens with zero attached hydrogens (tertiary/aromatic N) is 3. The molecule has 0 saturated carbocycles. The van der Waals surface area contributed by atoms with Crippen molar-refractivity contribution in [3.8, 4) is 17.0 Å². The summed E-state index contributed by atoms with van der Waals surface area (Å²) in [6.07, 6.45) is 1.78. The number of hydrogen-bond donors (Lipinski definition) is 1. The van der Waals surface area contributed by atoms with Gasteiger partial charge >= 0.3 is 0 Å². The highest BCUT2D eigenvalue weighted by atomic mass is 32.1. The van der Waals surface area contributed by atoms with Crippen molar-refractivity contribution in [2.75, 3.05) is 11.9 Å². The number of ether oxygens (including phenoxy) is 1. The molecule has 1 aromatic carbocycles. The van der Waals surface area contributed by atoms with Crippen LogP contribution in [0.5, 0.6) is 5.75 Å². The van der Waals surface area contributed by atoms with Crippen LogP contribution in [0.4, 0.5) is 9.52 Å². The zero-order valence-electron chi connectivity index (χ0n) is 15.3. The van der Waals surface area contributed by atoms with Gasteiger partial charge in [0.1, 0.15) is 11.5 Å². The first kappa shape index (κ1) is 18.1. The van der Waals surface area contributed by atoms with Crippen LogP contribution in [0.1, 0.15) is 23.1 Å². The van der Waals surface area contributed by atoms with Crippen LogP contribution in [0, 0.1) is 12.7 Å². The Labute approximate surface area is 164 Å². The third-order valence-corrected chi connectivity index (χ3v) is 4.93. The highest BCUT2D eigenvalue weighted by Gasteiger charge is 2.20. The van der Waals surface area contributed by atoms with E-state index in [1.807, 2.05) is 24.4 Å². The number of rotatable bonds is 5. The summed E-state index contributed by atoms with van der Waals surface area (Å²) in [5.41, 5.74) is 3.08. The predicted octanol–water partition coefficient (Wildman–Crippen LogP) is 4.56. The predicted molar refractivity (Wildman–Crippen MR) is 107 cm³/mol. The molecule has 142 valence electrons. The summed E-state index contributed by atoms with van der Waals surface area (Å²) in [5, 5.41) is 5.10. The third kappa shape index (κ3) is 3.34. The van der Waals surface area contributed by atoms with Crippen LogP contribution >= 0.6 is 11.3 Å². The molecule has 0 radical (unpaired) electrons. The number of thiazole rings is 1. The van der Waals surface area contributed by atoms with Crippen molar-refractivity contribution in [3.63, 3.8) is 0 Å². The summed E-state index contributed by atoms with van der Waals surface area (Å²) in [4.78, 5) is 21.8. The minimum atomic E-state index is -0.307. The Balaban J connectivity index is 1.62. The number of pyridine rings is 1. The van der Waals surface area contributed by atoms with Crippen LogP contribution in [-0.4, -0.2) is 26.9 Å². The minimum Gasteiger partial charge on any atom is -0.490 e. The van der Waals surface area contributed by atoms with Gasteiger partial charge in [0.2, 0.25) is 0 Å². The van der Waals surface area contributed by atoms with E-state index in [1.165, 1.54) is 23.5 Å². The zero-order chi connectivity index (χ0) is 19.7. The quantitative estimate of drug-likeness (QED) is 0.537. The topological polar surface area (TPSA) is 68.5 Å². The molecule has 6 nitrogen and oxygen atoms in total. The Hall–Kier alpha value is -3.26. The number of amides is 1. The maximum Gasteiger partial charge on any atom is 0.276 e. The van der Waals surface area contributed by atoms with Crippen LogP contribution < -0.4 is 10.1 Å². The largest absolute Gasteiger partial charge is 0.490 e. The fraction of sp³-hybridized carbons (Fsp3) is 0.150. The first-order chi connectivity index (χ1) is 13.6. The van der Waals surface area contributed by atoms with Crippen LogP contribution in [0.15, 0.2) is 48.0 Å². The van der Waals surface area contributed by atoms with E-state index in [-0.39, 0.29) is 11.7 Å². The average Bonchev–Trinajstić information content (AvgIpc) is 3.27. The molecule has 0 bridgehead atoms. The molecule has 1 N–H and O–H groups in total. The molecule has 8 heteroatoms. The van der Waals surface area contributed by atoms with Gasteiger partial charge in [-0.05, 0) is 50.2 Å². The Morgan fingerprint density at radius 1 is 1.25 bits per heavy atom. The number of imidazole rings is 1. The first-order valence-corrected chi connectivity index (χ1v) is 9.58. The number of aromatic nitrogens is 3. The van der Waals surface area contributed by atoms with Crippen molar-refractivity contribution in [1.29, 1.82) is 0 Å². The number of carbonyl (C=O) groups is 1. The van der Waals surface area contributed by atoms with Crippen LogP contribution in [0.3, 0.4) is 0 Å². The lowest BCUT2D eigenvalue weighted by atomic mass is 10.2. The third-order valence-electron chi connectivity index (χ3n) is 4.17. The lowest BCUT2D eigenvalue weighted by molar-refractivity contribution is 0.102. The second kappa shape index (κ2) is 7.40. The molecule has 0 fully saturated rings. The van der Waals surface area contributed by atoms with Crippen molar-refractivity contribution in [2.45, 2.75) is 13.8 Å². The van der Waals surface area contributed by atoms with E-state index in [0.29, 0.717) is 40.2 Å². The summed E-state index contributed by atoms with van der Waals surface area (Å²) in [5.74, 6) is 0.0145. The molecule has 0 saturated heterocycles. The number of halogens is 1. The van der Waals surface area contributed by atoms with Gasteiger partial charge in [0.15, 0.2) is 16.5 Å². The van der Waals surface area contributed by atoms with Gasteiger partial charge in [0, 0.05) is 17.1 Å². The van der Waals surface area contributed by atoms with Gasteiger partial charge in [-0.2, -0.15) is 0 Å². The molecule has 3 heterocycles. The summed E-state index contributed by atoms with van der Waals surface area (Å²) >= 11 is 1.31. The first-order valence-electron chi connectivity index (χ1n) is 8.70. The molecule has 28 heavy (non-hydrogen) atoms.